The Morgan fingerprint density at radius 1 is 1.19 bits per heavy atom. The maximum absolute atomic E-state index is 12.2. The lowest BCUT2D eigenvalue weighted by Gasteiger charge is -2.05. The minimum absolute atomic E-state index is 0.0460. The van der Waals surface area contributed by atoms with E-state index >= 15 is 0 Å². The standard InChI is InChI=1S/C18H16N4O4S/c1-11(2)27-15-5-3-4-13(10-15)17-20-21-18(26-17)19-16(23)12-6-8-14(9-7-12)22(24)25/h3-11H,1-2H3,(H,19,21,23). The van der Waals surface area contributed by atoms with Crippen LogP contribution in [-0.4, -0.2) is 26.3 Å². The van der Waals surface area contributed by atoms with Gasteiger partial charge < -0.3 is 4.42 Å². The van der Waals surface area contributed by atoms with Crippen molar-refractivity contribution in [1.29, 1.82) is 0 Å². The summed E-state index contributed by atoms with van der Waals surface area (Å²) in [5, 5.41) is 21.4. The highest BCUT2D eigenvalue weighted by atomic mass is 32.2. The van der Waals surface area contributed by atoms with Crippen molar-refractivity contribution >= 4 is 29.4 Å². The first-order valence-electron chi connectivity index (χ1n) is 8.09. The molecule has 27 heavy (non-hydrogen) atoms. The molecular formula is C18H16N4O4S. The van der Waals surface area contributed by atoms with E-state index in [4.69, 9.17) is 4.42 Å². The van der Waals surface area contributed by atoms with Crippen molar-refractivity contribution in [3.63, 3.8) is 0 Å². The number of thioether (sulfide) groups is 1. The van der Waals surface area contributed by atoms with Crippen molar-refractivity contribution in [2.75, 3.05) is 5.32 Å². The van der Waals surface area contributed by atoms with Crippen LogP contribution >= 0.6 is 11.8 Å². The molecule has 2 aromatic carbocycles. The van der Waals surface area contributed by atoms with Crippen LogP contribution in [0.2, 0.25) is 0 Å². The number of hydrogen-bond donors (Lipinski definition) is 1. The summed E-state index contributed by atoms with van der Waals surface area (Å²) in [7, 11) is 0. The van der Waals surface area contributed by atoms with Crippen LogP contribution in [0.25, 0.3) is 11.5 Å². The minimum atomic E-state index is -0.530. The van der Waals surface area contributed by atoms with E-state index in [1.807, 2.05) is 24.3 Å². The van der Waals surface area contributed by atoms with E-state index in [1.165, 1.54) is 24.3 Å². The second-order valence-corrected chi connectivity index (χ2v) is 7.51. The van der Waals surface area contributed by atoms with E-state index in [1.54, 1.807) is 11.8 Å². The van der Waals surface area contributed by atoms with Crippen LogP contribution in [0.3, 0.4) is 0 Å². The molecule has 0 spiro atoms. The number of amides is 1. The van der Waals surface area contributed by atoms with Crippen LogP contribution in [-0.2, 0) is 0 Å². The van der Waals surface area contributed by atoms with Crippen molar-refractivity contribution in [3.05, 3.63) is 64.2 Å². The van der Waals surface area contributed by atoms with Gasteiger partial charge in [0.25, 0.3) is 11.6 Å². The highest BCUT2D eigenvalue weighted by Crippen LogP contribution is 2.28. The van der Waals surface area contributed by atoms with Gasteiger partial charge in [0.2, 0.25) is 5.89 Å². The quantitative estimate of drug-likeness (QED) is 0.381. The van der Waals surface area contributed by atoms with Crippen LogP contribution < -0.4 is 5.32 Å². The lowest BCUT2D eigenvalue weighted by atomic mass is 10.2. The summed E-state index contributed by atoms with van der Waals surface area (Å²) in [5.41, 5.74) is 0.908. The molecule has 0 aliphatic rings. The number of aromatic nitrogens is 2. The summed E-state index contributed by atoms with van der Waals surface area (Å²) in [6, 6.07) is 12.9. The Hall–Kier alpha value is -3.20. The predicted molar refractivity (Wildman–Crippen MR) is 102 cm³/mol. The number of nitrogens with one attached hydrogen (secondary N) is 1. The number of benzene rings is 2. The largest absolute Gasteiger partial charge is 0.403 e. The van der Waals surface area contributed by atoms with E-state index in [0.717, 1.165) is 10.5 Å². The molecule has 0 bridgehead atoms. The SMILES string of the molecule is CC(C)Sc1cccc(-c2nnc(NC(=O)c3ccc([N+](=O)[O-])cc3)o2)c1. The van der Waals surface area contributed by atoms with E-state index < -0.39 is 10.8 Å². The molecule has 0 aliphatic carbocycles. The first kappa shape index (κ1) is 18.6. The molecule has 0 radical (unpaired) electrons. The average Bonchev–Trinajstić information content (AvgIpc) is 3.10. The summed E-state index contributed by atoms with van der Waals surface area (Å²) in [5.74, 6) is -0.204. The summed E-state index contributed by atoms with van der Waals surface area (Å²) in [4.78, 5) is 23.4. The molecule has 0 fully saturated rings. The zero-order valence-electron chi connectivity index (χ0n) is 14.6. The Bertz CT molecular complexity index is 970. The molecule has 9 heteroatoms. The van der Waals surface area contributed by atoms with E-state index in [9.17, 15) is 14.9 Å². The fourth-order valence-corrected chi connectivity index (χ4v) is 3.17. The number of hydrogen-bond acceptors (Lipinski definition) is 7. The van der Waals surface area contributed by atoms with Gasteiger partial charge in [-0.1, -0.05) is 25.0 Å². The Labute approximate surface area is 159 Å². The maximum atomic E-state index is 12.2. The lowest BCUT2D eigenvalue weighted by Crippen LogP contribution is -2.12. The van der Waals surface area contributed by atoms with Crippen molar-refractivity contribution in [2.45, 2.75) is 24.0 Å². The van der Waals surface area contributed by atoms with E-state index in [0.29, 0.717) is 11.1 Å². The molecule has 0 atom stereocenters. The molecule has 3 rings (SSSR count). The first-order chi connectivity index (χ1) is 12.9. The highest BCUT2D eigenvalue weighted by Gasteiger charge is 2.14. The fourth-order valence-electron chi connectivity index (χ4n) is 2.27. The molecule has 0 saturated heterocycles. The fraction of sp³-hybridized carbons (Fsp3) is 0.167. The molecule has 1 N–H and O–H groups in total. The van der Waals surface area contributed by atoms with Crippen molar-refractivity contribution in [1.82, 2.24) is 10.2 Å². The van der Waals surface area contributed by atoms with Gasteiger partial charge in [-0.05, 0) is 30.3 Å². The average molecular weight is 384 g/mol. The molecule has 1 heterocycles. The Kier molecular flexibility index (Phi) is 5.51. The highest BCUT2D eigenvalue weighted by molar-refractivity contribution is 7.99. The van der Waals surface area contributed by atoms with Gasteiger partial charge in [0.15, 0.2) is 0 Å². The predicted octanol–water partition coefficient (Wildman–Crippen LogP) is 4.40. The van der Waals surface area contributed by atoms with Gasteiger partial charge in [-0.25, -0.2) is 0 Å². The van der Waals surface area contributed by atoms with Crippen LogP contribution in [0.15, 0.2) is 57.8 Å². The number of anilines is 1. The normalized spacial score (nSPS) is 10.8. The third kappa shape index (κ3) is 4.70. The van der Waals surface area contributed by atoms with E-state index in [2.05, 4.69) is 29.4 Å². The molecule has 0 aliphatic heterocycles. The summed E-state index contributed by atoms with van der Waals surface area (Å²) < 4.78 is 5.51. The molecule has 3 aromatic rings. The third-order valence-corrected chi connectivity index (χ3v) is 4.44. The molecule has 0 saturated carbocycles. The number of nitro benzene ring substituents is 1. The number of non-ortho nitro benzene ring substituents is 1. The topological polar surface area (TPSA) is 111 Å². The van der Waals surface area contributed by atoms with Gasteiger partial charge in [-0.2, -0.15) is 0 Å². The van der Waals surface area contributed by atoms with Crippen LogP contribution in [0, 0.1) is 10.1 Å². The molecule has 8 nitrogen and oxygen atoms in total. The van der Waals surface area contributed by atoms with Gasteiger partial charge in [0.05, 0.1) is 4.92 Å². The molecule has 138 valence electrons. The monoisotopic (exact) mass is 384 g/mol. The number of rotatable bonds is 6. The van der Waals surface area contributed by atoms with Gasteiger partial charge in [-0.3, -0.25) is 20.2 Å². The van der Waals surface area contributed by atoms with Crippen LogP contribution in [0.1, 0.15) is 24.2 Å². The smallest absolute Gasteiger partial charge is 0.322 e. The van der Waals surface area contributed by atoms with Crippen molar-refractivity contribution in [2.24, 2.45) is 0 Å². The van der Waals surface area contributed by atoms with Crippen molar-refractivity contribution in [3.8, 4) is 11.5 Å². The Morgan fingerprint density at radius 3 is 2.59 bits per heavy atom. The minimum Gasteiger partial charge on any atom is -0.403 e. The van der Waals surface area contributed by atoms with Gasteiger partial charge in [0.1, 0.15) is 0 Å². The van der Waals surface area contributed by atoms with Crippen molar-refractivity contribution < 1.29 is 14.1 Å². The summed E-state index contributed by atoms with van der Waals surface area (Å²) in [6.45, 7) is 4.21. The molecule has 0 unspecified atom stereocenters. The molecule has 1 aromatic heterocycles. The number of nitro groups is 1. The Morgan fingerprint density at radius 2 is 1.93 bits per heavy atom. The van der Waals surface area contributed by atoms with E-state index in [-0.39, 0.29) is 17.3 Å². The second kappa shape index (κ2) is 8.00. The van der Waals surface area contributed by atoms with Crippen LogP contribution in [0.4, 0.5) is 11.7 Å². The molecule has 1 amide bonds. The van der Waals surface area contributed by atoms with Gasteiger partial charge >= 0.3 is 6.01 Å². The Balaban J connectivity index is 1.72. The summed E-state index contributed by atoms with van der Waals surface area (Å²) >= 11 is 1.72. The number of carbonyl (C=O) groups excluding carboxylic acids is 1. The first-order valence-corrected chi connectivity index (χ1v) is 8.97. The van der Waals surface area contributed by atoms with Gasteiger partial charge in [-0.15, -0.1) is 16.9 Å². The zero-order valence-corrected chi connectivity index (χ0v) is 15.4. The zero-order chi connectivity index (χ0) is 19.4. The lowest BCUT2D eigenvalue weighted by molar-refractivity contribution is -0.384. The number of nitrogens with zero attached hydrogens (tertiary/aromatic N) is 3. The van der Waals surface area contributed by atoms with Crippen LogP contribution in [0.5, 0.6) is 0 Å². The summed E-state index contributed by atoms with van der Waals surface area (Å²) in [6.07, 6.45) is 0. The molecular weight excluding hydrogens is 368 g/mol. The number of carbonyl (C=O) groups is 1. The second-order valence-electron chi connectivity index (χ2n) is 5.86. The maximum Gasteiger partial charge on any atom is 0.322 e. The third-order valence-electron chi connectivity index (χ3n) is 3.44. The van der Waals surface area contributed by atoms with Gasteiger partial charge in [0, 0.05) is 33.4 Å².